The number of carbonyl (C=O) groups is 2. The van der Waals surface area contributed by atoms with Gasteiger partial charge in [-0.3, -0.25) is 14.5 Å². The molecule has 2 amide bonds. The second-order valence-corrected chi connectivity index (χ2v) is 7.76. The van der Waals surface area contributed by atoms with Crippen LogP contribution in [-0.2, 0) is 9.59 Å². The van der Waals surface area contributed by atoms with Gasteiger partial charge in [0.1, 0.15) is 0 Å². The molecule has 0 bridgehead atoms. The summed E-state index contributed by atoms with van der Waals surface area (Å²) in [5.41, 5.74) is -0.203. The zero-order chi connectivity index (χ0) is 16.3. The summed E-state index contributed by atoms with van der Waals surface area (Å²) in [7, 11) is 0. The van der Waals surface area contributed by atoms with E-state index in [2.05, 4.69) is 10.2 Å². The monoisotopic (exact) mass is 309 g/mol. The fraction of sp³-hybridized carbons (Fsp3) is 0.882. The third kappa shape index (κ3) is 4.45. The van der Waals surface area contributed by atoms with Gasteiger partial charge in [-0.2, -0.15) is 0 Å². The van der Waals surface area contributed by atoms with E-state index in [1.165, 1.54) is 12.8 Å². The van der Waals surface area contributed by atoms with Crippen molar-refractivity contribution in [2.24, 2.45) is 5.92 Å². The molecule has 22 heavy (non-hydrogen) atoms. The molecular formula is C17H31N3O2. The Morgan fingerprint density at radius 2 is 1.59 bits per heavy atom. The lowest BCUT2D eigenvalue weighted by molar-refractivity contribution is -0.138. The fourth-order valence-corrected chi connectivity index (χ4v) is 3.40. The lowest BCUT2D eigenvalue weighted by Crippen LogP contribution is -2.57. The lowest BCUT2D eigenvalue weighted by atomic mass is 10.1. The topological polar surface area (TPSA) is 52.7 Å². The van der Waals surface area contributed by atoms with E-state index < -0.39 is 0 Å². The van der Waals surface area contributed by atoms with E-state index in [1.54, 1.807) is 0 Å². The minimum Gasteiger partial charge on any atom is -0.350 e. The normalized spacial score (nSPS) is 22.6. The van der Waals surface area contributed by atoms with Crippen molar-refractivity contribution in [2.75, 3.05) is 26.2 Å². The number of amides is 2. The average Bonchev–Trinajstić information content (AvgIpc) is 2.98. The van der Waals surface area contributed by atoms with Crippen LogP contribution in [-0.4, -0.2) is 59.4 Å². The van der Waals surface area contributed by atoms with Gasteiger partial charge in [-0.05, 0) is 40.5 Å². The molecule has 0 unspecified atom stereocenters. The van der Waals surface area contributed by atoms with E-state index in [-0.39, 0.29) is 23.4 Å². The standard InChI is InChI=1S/C17H31N3O2/c1-13(15(21)18-17(2,3)4)19-9-11-20(12-10-19)16(22)14-7-5-6-8-14/h13-14H,5-12H2,1-4H3,(H,18,21)/t13-/m0/s1. The Bertz CT molecular complexity index is 403. The Morgan fingerprint density at radius 3 is 2.09 bits per heavy atom. The number of hydrogen-bond acceptors (Lipinski definition) is 3. The summed E-state index contributed by atoms with van der Waals surface area (Å²) in [6.07, 6.45) is 4.51. The molecule has 5 heteroatoms. The van der Waals surface area contributed by atoms with Gasteiger partial charge in [0.15, 0.2) is 0 Å². The molecule has 0 aromatic rings. The van der Waals surface area contributed by atoms with E-state index >= 15 is 0 Å². The van der Waals surface area contributed by atoms with Crippen LogP contribution in [0.15, 0.2) is 0 Å². The highest BCUT2D eigenvalue weighted by atomic mass is 16.2. The molecule has 2 rings (SSSR count). The molecule has 126 valence electrons. The zero-order valence-electron chi connectivity index (χ0n) is 14.5. The molecule has 2 fully saturated rings. The first-order valence-electron chi connectivity index (χ1n) is 8.63. The second-order valence-electron chi connectivity index (χ2n) is 7.76. The molecule has 1 aliphatic heterocycles. The number of piperazine rings is 1. The van der Waals surface area contributed by atoms with Gasteiger partial charge in [0, 0.05) is 37.6 Å². The molecule has 0 aromatic carbocycles. The van der Waals surface area contributed by atoms with E-state index in [0.717, 1.165) is 39.0 Å². The molecule has 5 nitrogen and oxygen atoms in total. The van der Waals surface area contributed by atoms with Crippen molar-refractivity contribution < 1.29 is 9.59 Å². The van der Waals surface area contributed by atoms with Gasteiger partial charge in [0.2, 0.25) is 11.8 Å². The predicted molar refractivity (Wildman–Crippen MR) is 87.5 cm³/mol. The molecular weight excluding hydrogens is 278 g/mol. The maximum Gasteiger partial charge on any atom is 0.237 e. The predicted octanol–water partition coefficient (Wildman–Crippen LogP) is 1.62. The van der Waals surface area contributed by atoms with Crippen LogP contribution in [0.5, 0.6) is 0 Å². The van der Waals surface area contributed by atoms with E-state index in [1.807, 2.05) is 32.6 Å². The molecule has 2 aliphatic rings. The maximum atomic E-state index is 12.4. The minimum atomic E-state index is -0.203. The number of hydrogen-bond donors (Lipinski definition) is 1. The van der Waals surface area contributed by atoms with Crippen molar-refractivity contribution in [3.8, 4) is 0 Å². The van der Waals surface area contributed by atoms with Crippen molar-refractivity contribution in [3.05, 3.63) is 0 Å². The van der Waals surface area contributed by atoms with Crippen molar-refractivity contribution in [2.45, 2.75) is 65.0 Å². The summed E-state index contributed by atoms with van der Waals surface area (Å²) in [6, 6.07) is -0.136. The fourth-order valence-electron chi connectivity index (χ4n) is 3.40. The number of nitrogens with zero attached hydrogens (tertiary/aromatic N) is 2. The molecule has 1 heterocycles. The Balaban J connectivity index is 1.81. The Morgan fingerprint density at radius 1 is 1.05 bits per heavy atom. The molecule has 1 atom stereocenters. The van der Waals surface area contributed by atoms with E-state index in [0.29, 0.717) is 5.91 Å². The zero-order valence-corrected chi connectivity index (χ0v) is 14.5. The molecule has 0 radical (unpaired) electrons. The van der Waals surface area contributed by atoms with Crippen LogP contribution in [0.25, 0.3) is 0 Å². The quantitative estimate of drug-likeness (QED) is 0.862. The van der Waals surface area contributed by atoms with Crippen molar-refractivity contribution in [1.82, 2.24) is 15.1 Å². The summed E-state index contributed by atoms with van der Waals surface area (Å²) in [4.78, 5) is 28.9. The Kier molecular flexibility index (Phi) is 5.48. The van der Waals surface area contributed by atoms with Crippen molar-refractivity contribution >= 4 is 11.8 Å². The van der Waals surface area contributed by atoms with Gasteiger partial charge in [-0.25, -0.2) is 0 Å². The van der Waals surface area contributed by atoms with E-state index in [4.69, 9.17) is 0 Å². The largest absolute Gasteiger partial charge is 0.350 e. The first kappa shape index (κ1) is 17.3. The summed E-state index contributed by atoms with van der Waals surface area (Å²) >= 11 is 0. The smallest absolute Gasteiger partial charge is 0.237 e. The first-order valence-corrected chi connectivity index (χ1v) is 8.63. The Labute approximate surface area is 134 Å². The molecule has 1 saturated carbocycles. The highest BCUT2D eigenvalue weighted by Crippen LogP contribution is 2.27. The average molecular weight is 309 g/mol. The molecule has 0 aromatic heterocycles. The molecule has 1 aliphatic carbocycles. The first-order chi connectivity index (χ1) is 10.3. The highest BCUT2D eigenvalue weighted by Gasteiger charge is 2.32. The van der Waals surface area contributed by atoms with E-state index in [9.17, 15) is 9.59 Å². The highest BCUT2D eigenvalue weighted by molar-refractivity contribution is 5.82. The summed E-state index contributed by atoms with van der Waals surface area (Å²) in [6.45, 7) is 11.0. The van der Waals surface area contributed by atoms with Gasteiger partial charge in [-0.1, -0.05) is 12.8 Å². The van der Waals surface area contributed by atoms with Crippen LogP contribution < -0.4 is 5.32 Å². The van der Waals surface area contributed by atoms with Crippen LogP contribution in [0.4, 0.5) is 0 Å². The number of rotatable bonds is 3. The minimum absolute atomic E-state index is 0.0723. The lowest BCUT2D eigenvalue weighted by Gasteiger charge is -2.39. The third-order valence-corrected chi connectivity index (χ3v) is 4.76. The number of carbonyl (C=O) groups excluding carboxylic acids is 2. The molecule has 1 N–H and O–H groups in total. The van der Waals surface area contributed by atoms with Crippen molar-refractivity contribution in [3.63, 3.8) is 0 Å². The van der Waals surface area contributed by atoms with Gasteiger partial charge in [0.05, 0.1) is 6.04 Å². The Hall–Kier alpha value is -1.10. The molecule has 0 spiro atoms. The van der Waals surface area contributed by atoms with Gasteiger partial charge < -0.3 is 10.2 Å². The maximum absolute atomic E-state index is 12.4. The van der Waals surface area contributed by atoms with Crippen LogP contribution in [0.2, 0.25) is 0 Å². The van der Waals surface area contributed by atoms with Gasteiger partial charge in [-0.15, -0.1) is 0 Å². The van der Waals surface area contributed by atoms with Crippen LogP contribution in [0.1, 0.15) is 53.4 Å². The van der Waals surface area contributed by atoms with Gasteiger partial charge >= 0.3 is 0 Å². The van der Waals surface area contributed by atoms with Gasteiger partial charge in [0.25, 0.3) is 0 Å². The van der Waals surface area contributed by atoms with Crippen LogP contribution >= 0.6 is 0 Å². The number of nitrogens with one attached hydrogen (secondary N) is 1. The van der Waals surface area contributed by atoms with Crippen LogP contribution in [0.3, 0.4) is 0 Å². The van der Waals surface area contributed by atoms with Crippen molar-refractivity contribution in [1.29, 1.82) is 0 Å². The third-order valence-electron chi connectivity index (χ3n) is 4.76. The summed E-state index contributed by atoms with van der Waals surface area (Å²) in [5, 5.41) is 3.03. The SMILES string of the molecule is C[C@@H](C(=O)NC(C)(C)C)N1CCN(C(=O)C2CCCC2)CC1. The molecule has 1 saturated heterocycles. The summed E-state index contributed by atoms with van der Waals surface area (Å²) in [5.74, 6) is 0.667. The second kappa shape index (κ2) is 6.99. The van der Waals surface area contributed by atoms with Crippen LogP contribution in [0, 0.1) is 5.92 Å². The summed E-state index contributed by atoms with van der Waals surface area (Å²) < 4.78 is 0.